The quantitative estimate of drug-likeness (QED) is 0.0751. The fourth-order valence-corrected chi connectivity index (χ4v) is 11.9. The third kappa shape index (κ3) is 9.87. The average Bonchev–Trinajstić information content (AvgIpc) is 3.78. The fraction of sp³-hybridized carbons (Fsp3) is 0.490. The summed E-state index contributed by atoms with van der Waals surface area (Å²) in [6, 6.07) is 17.7. The van der Waals surface area contributed by atoms with E-state index in [-0.39, 0.29) is 41.0 Å². The first kappa shape index (κ1) is 47.3. The Kier molecular flexibility index (Phi) is 13.2. The van der Waals surface area contributed by atoms with E-state index in [0.29, 0.717) is 67.0 Å². The van der Waals surface area contributed by atoms with Gasteiger partial charge in [0.25, 0.3) is 15.9 Å². The van der Waals surface area contributed by atoms with Crippen LogP contribution in [-0.4, -0.2) is 84.5 Å². The number of benzene rings is 2. The van der Waals surface area contributed by atoms with Crippen molar-refractivity contribution in [3.05, 3.63) is 106 Å². The summed E-state index contributed by atoms with van der Waals surface area (Å²) in [6.07, 6.45) is 5.14. The summed E-state index contributed by atoms with van der Waals surface area (Å²) in [5.41, 5.74) is 0.949. The van der Waals surface area contributed by atoms with Gasteiger partial charge in [-0.15, -0.1) is 0 Å². The fourth-order valence-electron chi connectivity index (χ4n) is 10.7. The minimum atomic E-state index is -5.43. The number of H-pyrrole nitrogens is 1. The Labute approximate surface area is 393 Å². The molecular weight excluding hydrogens is 902 g/mol. The smallest absolute Gasteiger partial charge is 0.434 e. The molecule has 2 saturated heterocycles. The van der Waals surface area contributed by atoms with Gasteiger partial charge >= 0.3 is 11.9 Å². The molecule has 2 aliphatic heterocycles. The number of nitrogens with one attached hydrogen (secondary N) is 3. The minimum Gasteiger partial charge on any atom is -0.455 e. The molecule has 1 atom stereocenters. The third-order valence-corrected chi connectivity index (χ3v) is 15.9. The van der Waals surface area contributed by atoms with E-state index in [1.54, 1.807) is 35.2 Å². The van der Waals surface area contributed by atoms with Gasteiger partial charge in [-0.05, 0) is 97.1 Å². The van der Waals surface area contributed by atoms with Crippen molar-refractivity contribution in [2.45, 2.75) is 101 Å². The van der Waals surface area contributed by atoms with Crippen LogP contribution in [0.15, 0.2) is 78.0 Å². The highest BCUT2D eigenvalue weighted by Gasteiger charge is 2.50. The number of pyridine rings is 2. The van der Waals surface area contributed by atoms with Gasteiger partial charge in [-0.3, -0.25) is 19.8 Å². The number of hydrogen-bond donors (Lipinski definition) is 3. The maximum atomic E-state index is 14.6. The maximum absolute atomic E-state index is 14.6. The Morgan fingerprint density at radius 1 is 1.04 bits per heavy atom. The number of sulfonamides is 1. The molecule has 1 spiro atoms. The van der Waals surface area contributed by atoms with Crippen molar-refractivity contribution in [2.24, 2.45) is 17.3 Å². The van der Waals surface area contributed by atoms with Gasteiger partial charge in [0.05, 0.1) is 35.9 Å². The molecule has 3 aromatic heterocycles. The second-order valence-corrected chi connectivity index (χ2v) is 21.1. The number of halogens is 3. The Hall–Kier alpha value is -5.79. The molecule has 4 fully saturated rings. The molecule has 4 aliphatic rings. The van der Waals surface area contributed by atoms with Crippen molar-refractivity contribution in [3.8, 4) is 11.5 Å². The lowest BCUT2D eigenvalue weighted by molar-refractivity contribution is -0.384. The van der Waals surface area contributed by atoms with E-state index in [4.69, 9.17) is 9.47 Å². The van der Waals surface area contributed by atoms with Crippen LogP contribution in [0.25, 0.3) is 11.0 Å². The van der Waals surface area contributed by atoms with Crippen LogP contribution >= 0.6 is 0 Å². The van der Waals surface area contributed by atoms with Crippen molar-refractivity contribution >= 4 is 44.2 Å². The van der Waals surface area contributed by atoms with Gasteiger partial charge in [-0.1, -0.05) is 57.9 Å². The van der Waals surface area contributed by atoms with Gasteiger partial charge in [-0.2, -0.15) is 13.2 Å². The van der Waals surface area contributed by atoms with Crippen molar-refractivity contribution in [1.29, 1.82) is 0 Å². The van der Waals surface area contributed by atoms with Crippen molar-refractivity contribution in [2.75, 3.05) is 49.6 Å². The van der Waals surface area contributed by atoms with Crippen LogP contribution in [0.1, 0.15) is 111 Å². The minimum absolute atomic E-state index is 0.0445. The van der Waals surface area contributed by atoms with Crippen molar-refractivity contribution in [1.82, 2.24) is 24.6 Å². The number of nitro groups is 1. The van der Waals surface area contributed by atoms with Crippen molar-refractivity contribution in [3.63, 3.8) is 0 Å². The summed E-state index contributed by atoms with van der Waals surface area (Å²) in [6.45, 7) is 10.3. The molecule has 15 nitrogen and oxygen atoms in total. The molecule has 0 bridgehead atoms. The van der Waals surface area contributed by atoms with E-state index in [9.17, 15) is 36.5 Å². The van der Waals surface area contributed by atoms with Crippen LogP contribution in [0.3, 0.4) is 0 Å². The predicted octanol–water partition coefficient (Wildman–Crippen LogP) is 9.98. The molecule has 2 aliphatic carbocycles. The summed E-state index contributed by atoms with van der Waals surface area (Å²) < 4.78 is 85.6. The number of nitrogens with zero attached hydrogens (tertiary/aromatic N) is 5. The number of ether oxygens (including phenoxy) is 2. The lowest BCUT2D eigenvalue weighted by Crippen LogP contribution is -2.58. The molecule has 0 radical (unpaired) electrons. The molecule has 19 heteroatoms. The van der Waals surface area contributed by atoms with E-state index in [0.717, 1.165) is 57.9 Å². The van der Waals surface area contributed by atoms with Gasteiger partial charge in [-0.25, -0.2) is 23.1 Å². The standard InChI is InChI=1S/C49H57F3N8O7S/c1-30(2)37-6-4-5-7-38(37)41-29-66-21-20-59(41)35-25-48(26-35)15-18-58(19-16-48)34-12-13-39(42(23-34)67-36-22-33-14-17-53-45(33)55-28-36)47(61)57-68(64,65)43-24-40(60(62)63)46(56-44(43)49(50,51)52)54-27-32-10-8-31(3)9-11-32/h4-7,12-14,17,22-24,28,30-32,35,41H,8-11,15-16,18-21,25-27,29H2,1-3H3,(H,53,55)(H,54,56)(H,57,61)/t31-,32+,41-/m0/s1. The molecule has 3 N–H and O–H groups in total. The van der Waals surface area contributed by atoms with Crippen LogP contribution in [0.4, 0.5) is 30.4 Å². The Bertz CT molecular complexity index is 2780. The summed E-state index contributed by atoms with van der Waals surface area (Å²) in [5, 5.41) is 15.6. The first-order valence-electron chi connectivity index (χ1n) is 23.5. The van der Waals surface area contributed by atoms with E-state index in [1.165, 1.54) is 23.4 Å². The zero-order valence-corrected chi connectivity index (χ0v) is 39.2. The molecule has 68 heavy (non-hydrogen) atoms. The van der Waals surface area contributed by atoms with Crippen LogP contribution in [0.5, 0.6) is 11.5 Å². The monoisotopic (exact) mass is 958 g/mol. The first-order valence-corrected chi connectivity index (χ1v) is 25.0. The van der Waals surface area contributed by atoms with Crippen LogP contribution in [-0.2, 0) is 20.9 Å². The number of morpholine rings is 1. The van der Waals surface area contributed by atoms with Gasteiger partial charge in [0, 0.05) is 61.6 Å². The lowest BCUT2D eigenvalue weighted by atomic mass is 9.59. The molecule has 2 aromatic carbocycles. The average molecular weight is 959 g/mol. The number of aromatic nitrogens is 3. The Balaban J connectivity index is 0.942. The number of rotatable bonds is 13. The zero-order valence-electron chi connectivity index (χ0n) is 38.4. The Morgan fingerprint density at radius 3 is 2.51 bits per heavy atom. The van der Waals surface area contributed by atoms with Crippen molar-refractivity contribution < 1.29 is 40.8 Å². The van der Waals surface area contributed by atoms with Gasteiger partial charge in [0.15, 0.2) is 5.69 Å². The number of piperidine rings is 1. The van der Waals surface area contributed by atoms with E-state index < -0.39 is 49.1 Å². The number of fused-ring (bicyclic) bond motifs is 1. The highest BCUT2D eigenvalue weighted by atomic mass is 32.2. The SMILES string of the molecule is CC(C)c1ccccc1[C@@H]1COCCN1C1CC2(CCN(c3ccc(C(=O)NS(=O)(=O)c4cc([N+](=O)[O-])c(NC[C@H]5CC[C@@H](C)CC5)nc4C(F)(F)F)c(Oc4cnc5[nH]ccc5c4)c3)CC2)C1. The number of anilines is 2. The topological polar surface area (TPSA) is 185 Å². The molecule has 9 rings (SSSR count). The van der Waals surface area contributed by atoms with Gasteiger partial charge in [0.2, 0.25) is 5.82 Å². The van der Waals surface area contributed by atoms with Crippen LogP contribution in [0.2, 0.25) is 0 Å². The third-order valence-electron chi connectivity index (χ3n) is 14.6. The molecular formula is C49H57F3N8O7S. The van der Waals surface area contributed by atoms with Crippen LogP contribution < -0.4 is 19.7 Å². The number of amides is 1. The molecule has 0 unspecified atom stereocenters. The molecule has 1 amide bonds. The second-order valence-electron chi connectivity index (χ2n) is 19.4. The van der Waals surface area contributed by atoms with E-state index >= 15 is 0 Å². The van der Waals surface area contributed by atoms with Gasteiger partial charge < -0.3 is 24.7 Å². The molecule has 5 aromatic rings. The summed E-state index contributed by atoms with van der Waals surface area (Å²) >= 11 is 0. The van der Waals surface area contributed by atoms with Gasteiger partial charge in [0.1, 0.15) is 22.0 Å². The summed E-state index contributed by atoms with van der Waals surface area (Å²) in [5.74, 6) is -0.945. The Morgan fingerprint density at radius 2 is 1.79 bits per heavy atom. The maximum Gasteiger partial charge on any atom is 0.434 e. The number of carbonyl (C=O) groups excluding carboxylic acids is 1. The normalized spacial score (nSPS) is 21.5. The first-order chi connectivity index (χ1) is 32.5. The van der Waals surface area contributed by atoms with E-state index in [1.807, 2.05) is 0 Å². The molecule has 362 valence electrons. The number of hydrogen-bond acceptors (Lipinski definition) is 12. The largest absolute Gasteiger partial charge is 0.455 e. The van der Waals surface area contributed by atoms with E-state index in [2.05, 4.69) is 75.1 Å². The number of alkyl halides is 3. The zero-order chi connectivity index (χ0) is 48.0. The number of carbonyl (C=O) groups is 1. The highest BCUT2D eigenvalue weighted by Crippen LogP contribution is 2.53. The molecule has 2 saturated carbocycles. The summed E-state index contributed by atoms with van der Waals surface area (Å²) in [4.78, 5) is 39.3. The highest BCUT2D eigenvalue weighted by molar-refractivity contribution is 7.90. The summed E-state index contributed by atoms with van der Waals surface area (Å²) in [7, 11) is -5.43. The predicted molar refractivity (Wildman–Crippen MR) is 250 cm³/mol. The second kappa shape index (κ2) is 19.0. The lowest BCUT2D eigenvalue weighted by Gasteiger charge is -2.57. The number of aromatic amines is 1. The van der Waals surface area contributed by atoms with Crippen LogP contribution in [0, 0.1) is 27.4 Å². The molecule has 5 heterocycles.